The zero-order chi connectivity index (χ0) is 6.32. The molecule has 4 heteroatoms. The standard InChI is InChI=1S/C5H8O4/c6-3-5-7-1-4(9-5)2-8-5/h4,6H,1-3H2. The van der Waals surface area contributed by atoms with Gasteiger partial charge in [-0.1, -0.05) is 0 Å². The van der Waals surface area contributed by atoms with Gasteiger partial charge in [0.15, 0.2) is 0 Å². The molecule has 0 unspecified atom stereocenters. The van der Waals surface area contributed by atoms with Crippen LogP contribution in [-0.2, 0) is 14.2 Å². The SMILES string of the molecule is OCC12OCC(CO1)O2. The molecule has 0 aliphatic carbocycles. The second-order valence-electron chi connectivity index (χ2n) is 2.20. The molecule has 0 aromatic heterocycles. The summed E-state index contributed by atoms with van der Waals surface area (Å²) in [5, 5.41) is 8.67. The van der Waals surface area contributed by atoms with E-state index in [4.69, 9.17) is 19.3 Å². The molecule has 0 amide bonds. The van der Waals surface area contributed by atoms with E-state index in [9.17, 15) is 0 Å². The molecule has 2 rings (SSSR count). The maximum atomic E-state index is 8.67. The Morgan fingerprint density at radius 2 is 2.11 bits per heavy atom. The molecule has 0 saturated carbocycles. The number of hydrogen-bond donors (Lipinski definition) is 1. The van der Waals surface area contributed by atoms with E-state index in [1.54, 1.807) is 0 Å². The van der Waals surface area contributed by atoms with Crippen molar-refractivity contribution in [2.45, 2.75) is 12.1 Å². The topological polar surface area (TPSA) is 47.9 Å². The largest absolute Gasteiger partial charge is 0.388 e. The monoisotopic (exact) mass is 132 g/mol. The minimum absolute atomic E-state index is 0.0390. The highest BCUT2D eigenvalue weighted by atomic mass is 16.9. The highest BCUT2D eigenvalue weighted by Gasteiger charge is 2.49. The molecule has 2 aliphatic rings. The smallest absolute Gasteiger partial charge is 0.308 e. The predicted octanol–water partition coefficient (Wildman–Crippen LogP) is -0.922. The van der Waals surface area contributed by atoms with Gasteiger partial charge in [0.05, 0.1) is 13.2 Å². The summed E-state index contributed by atoms with van der Waals surface area (Å²) < 4.78 is 15.1. The summed E-state index contributed by atoms with van der Waals surface area (Å²) in [5.74, 6) is -1.09. The third kappa shape index (κ3) is 0.679. The number of rotatable bonds is 1. The van der Waals surface area contributed by atoms with Crippen molar-refractivity contribution < 1.29 is 19.3 Å². The Morgan fingerprint density at radius 3 is 2.33 bits per heavy atom. The third-order valence-corrected chi connectivity index (χ3v) is 1.52. The van der Waals surface area contributed by atoms with Crippen LogP contribution < -0.4 is 0 Å². The Kier molecular flexibility index (Phi) is 1.04. The van der Waals surface area contributed by atoms with Gasteiger partial charge >= 0.3 is 5.97 Å². The molecule has 2 heterocycles. The fourth-order valence-corrected chi connectivity index (χ4v) is 1.05. The minimum Gasteiger partial charge on any atom is -0.388 e. The Hall–Kier alpha value is -0.160. The van der Waals surface area contributed by atoms with Crippen LogP contribution in [-0.4, -0.2) is 37.0 Å². The van der Waals surface area contributed by atoms with Crippen LogP contribution in [0.4, 0.5) is 0 Å². The van der Waals surface area contributed by atoms with Crippen LogP contribution in [0.3, 0.4) is 0 Å². The first-order valence-corrected chi connectivity index (χ1v) is 2.91. The Labute approximate surface area is 52.3 Å². The zero-order valence-corrected chi connectivity index (χ0v) is 4.87. The summed E-state index contributed by atoms with van der Waals surface area (Å²) >= 11 is 0. The maximum absolute atomic E-state index is 8.67. The van der Waals surface area contributed by atoms with E-state index in [0.29, 0.717) is 13.2 Å². The van der Waals surface area contributed by atoms with Crippen LogP contribution in [0.15, 0.2) is 0 Å². The molecule has 0 radical (unpaired) electrons. The normalized spacial score (nSPS) is 48.3. The molecule has 9 heavy (non-hydrogen) atoms. The van der Waals surface area contributed by atoms with Gasteiger partial charge in [0.2, 0.25) is 0 Å². The number of aliphatic hydroxyl groups excluding tert-OH is 1. The Morgan fingerprint density at radius 1 is 1.44 bits per heavy atom. The molecule has 0 aromatic rings. The Balaban J connectivity index is 2.13. The molecule has 2 bridgehead atoms. The van der Waals surface area contributed by atoms with Crippen molar-refractivity contribution in [2.24, 2.45) is 0 Å². The van der Waals surface area contributed by atoms with Gasteiger partial charge in [-0.15, -0.1) is 0 Å². The number of hydrogen-bond acceptors (Lipinski definition) is 4. The highest BCUT2D eigenvalue weighted by Crippen LogP contribution is 2.31. The summed E-state index contributed by atoms with van der Waals surface area (Å²) in [7, 11) is 0. The average Bonchev–Trinajstić information content (AvgIpc) is 2.46. The third-order valence-electron chi connectivity index (χ3n) is 1.52. The van der Waals surface area contributed by atoms with Gasteiger partial charge in [-0.25, -0.2) is 0 Å². The molecule has 4 nitrogen and oxygen atoms in total. The molecule has 52 valence electrons. The first-order valence-electron chi connectivity index (χ1n) is 2.91. The van der Waals surface area contributed by atoms with Gasteiger partial charge in [0.25, 0.3) is 0 Å². The van der Waals surface area contributed by atoms with Crippen molar-refractivity contribution in [1.29, 1.82) is 0 Å². The van der Waals surface area contributed by atoms with E-state index in [2.05, 4.69) is 0 Å². The van der Waals surface area contributed by atoms with Crippen LogP contribution in [0.1, 0.15) is 0 Å². The van der Waals surface area contributed by atoms with E-state index < -0.39 is 5.97 Å². The summed E-state index contributed by atoms with van der Waals surface area (Å²) in [6.45, 7) is 0.866. The number of fused-ring (bicyclic) bond motifs is 2. The fourth-order valence-electron chi connectivity index (χ4n) is 1.05. The van der Waals surface area contributed by atoms with Gasteiger partial charge < -0.3 is 19.3 Å². The minimum atomic E-state index is -1.09. The van der Waals surface area contributed by atoms with E-state index in [1.807, 2.05) is 0 Å². The lowest BCUT2D eigenvalue weighted by molar-refractivity contribution is -0.312. The van der Waals surface area contributed by atoms with Crippen LogP contribution >= 0.6 is 0 Å². The van der Waals surface area contributed by atoms with Gasteiger partial charge in [-0.3, -0.25) is 0 Å². The molecule has 1 N–H and O–H groups in total. The molecule has 2 fully saturated rings. The lowest BCUT2D eigenvalue weighted by Crippen LogP contribution is -2.35. The van der Waals surface area contributed by atoms with Gasteiger partial charge in [-0.2, -0.15) is 0 Å². The van der Waals surface area contributed by atoms with Crippen LogP contribution in [0.5, 0.6) is 0 Å². The van der Waals surface area contributed by atoms with E-state index in [0.717, 1.165) is 0 Å². The molecule has 0 atom stereocenters. The number of ether oxygens (including phenoxy) is 3. The quantitative estimate of drug-likeness (QED) is 0.501. The van der Waals surface area contributed by atoms with Gasteiger partial charge in [-0.05, 0) is 0 Å². The molecule has 0 aromatic carbocycles. The van der Waals surface area contributed by atoms with Gasteiger partial charge in [0, 0.05) is 0 Å². The highest BCUT2D eigenvalue weighted by molar-refractivity contribution is 4.77. The van der Waals surface area contributed by atoms with Crippen molar-refractivity contribution in [3.63, 3.8) is 0 Å². The Bertz CT molecular complexity index is 116. The molecule has 2 saturated heterocycles. The maximum Gasteiger partial charge on any atom is 0.308 e. The van der Waals surface area contributed by atoms with E-state index in [-0.39, 0.29) is 12.7 Å². The van der Waals surface area contributed by atoms with Crippen molar-refractivity contribution in [2.75, 3.05) is 19.8 Å². The first-order chi connectivity index (χ1) is 4.35. The molecule has 0 spiro atoms. The second kappa shape index (κ2) is 1.67. The van der Waals surface area contributed by atoms with Crippen molar-refractivity contribution in [3.05, 3.63) is 0 Å². The van der Waals surface area contributed by atoms with Crippen molar-refractivity contribution >= 4 is 0 Å². The van der Waals surface area contributed by atoms with Crippen molar-refractivity contribution in [3.8, 4) is 0 Å². The molecular formula is C5H8O4. The van der Waals surface area contributed by atoms with Crippen molar-refractivity contribution in [1.82, 2.24) is 0 Å². The average molecular weight is 132 g/mol. The van der Waals surface area contributed by atoms with Crippen LogP contribution in [0.2, 0.25) is 0 Å². The summed E-state index contributed by atoms with van der Waals surface area (Å²) in [6.07, 6.45) is 0.0390. The van der Waals surface area contributed by atoms with Gasteiger partial charge in [0.1, 0.15) is 12.7 Å². The lowest BCUT2D eigenvalue weighted by Gasteiger charge is -2.19. The summed E-state index contributed by atoms with van der Waals surface area (Å²) in [6, 6.07) is 0. The zero-order valence-electron chi connectivity index (χ0n) is 4.87. The predicted molar refractivity (Wildman–Crippen MR) is 26.6 cm³/mol. The molecule has 2 aliphatic heterocycles. The lowest BCUT2D eigenvalue weighted by atomic mass is 10.4. The van der Waals surface area contributed by atoms with Crippen LogP contribution in [0.25, 0.3) is 0 Å². The molecular weight excluding hydrogens is 124 g/mol. The summed E-state index contributed by atoms with van der Waals surface area (Å²) in [4.78, 5) is 0. The second-order valence-corrected chi connectivity index (χ2v) is 2.20. The number of aliphatic hydroxyl groups is 1. The first kappa shape index (κ1) is 5.61. The van der Waals surface area contributed by atoms with E-state index >= 15 is 0 Å². The van der Waals surface area contributed by atoms with E-state index in [1.165, 1.54) is 0 Å². The van der Waals surface area contributed by atoms with Crippen LogP contribution in [0, 0.1) is 0 Å². The summed E-state index contributed by atoms with van der Waals surface area (Å²) in [5.41, 5.74) is 0. The fraction of sp³-hybridized carbons (Fsp3) is 1.00.